The van der Waals surface area contributed by atoms with E-state index in [4.69, 9.17) is 4.74 Å². The molecule has 2 aliphatic carbocycles. The van der Waals surface area contributed by atoms with E-state index in [-0.39, 0.29) is 0 Å². The van der Waals surface area contributed by atoms with Crippen LogP contribution in [0.5, 0.6) is 0 Å². The van der Waals surface area contributed by atoms with E-state index in [1.54, 1.807) is 0 Å². The van der Waals surface area contributed by atoms with E-state index < -0.39 is 0 Å². The van der Waals surface area contributed by atoms with E-state index >= 15 is 0 Å². The van der Waals surface area contributed by atoms with Crippen molar-refractivity contribution in [2.75, 3.05) is 46.4 Å². The summed E-state index contributed by atoms with van der Waals surface area (Å²) in [5.41, 5.74) is 0.564. The van der Waals surface area contributed by atoms with Crippen LogP contribution in [-0.2, 0) is 4.74 Å². The number of thiophene rings is 1. The van der Waals surface area contributed by atoms with Crippen LogP contribution in [0, 0.1) is 11.3 Å². The number of aliphatic imine (C=N–C) groups is 1. The fourth-order valence-electron chi connectivity index (χ4n) is 4.51. The Labute approximate surface area is 161 Å². The lowest BCUT2D eigenvalue weighted by atomic mass is 9.65. The van der Waals surface area contributed by atoms with E-state index in [2.05, 4.69) is 38.0 Å². The van der Waals surface area contributed by atoms with Crippen molar-refractivity contribution in [2.24, 2.45) is 16.3 Å². The average molecular weight is 377 g/mol. The lowest BCUT2D eigenvalue weighted by Gasteiger charge is -2.43. The zero-order valence-corrected chi connectivity index (χ0v) is 16.7. The van der Waals surface area contributed by atoms with Gasteiger partial charge < -0.3 is 15.4 Å². The Morgan fingerprint density at radius 1 is 1.35 bits per heavy atom. The number of guanidine groups is 1. The third-order valence-electron chi connectivity index (χ3n) is 6.45. The Balaban J connectivity index is 1.33. The third-order valence-corrected chi connectivity index (χ3v) is 7.42. The van der Waals surface area contributed by atoms with Gasteiger partial charge in [-0.2, -0.15) is 0 Å². The number of hydrogen-bond donors (Lipinski definition) is 2. The summed E-state index contributed by atoms with van der Waals surface area (Å²) in [5, 5.41) is 9.41. The first-order valence-corrected chi connectivity index (χ1v) is 11.0. The summed E-state index contributed by atoms with van der Waals surface area (Å²) in [5.74, 6) is 1.92. The molecule has 26 heavy (non-hydrogen) atoms. The Bertz CT molecular complexity index is 589. The van der Waals surface area contributed by atoms with Crippen molar-refractivity contribution in [1.82, 2.24) is 15.5 Å². The van der Waals surface area contributed by atoms with Gasteiger partial charge in [0.05, 0.1) is 19.3 Å². The molecule has 4 rings (SSSR count). The molecule has 2 saturated carbocycles. The van der Waals surface area contributed by atoms with Crippen molar-refractivity contribution >= 4 is 17.3 Å². The smallest absolute Gasteiger partial charge is 0.191 e. The second-order valence-corrected chi connectivity index (χ2v) is 8.96. The van der Waals surface area contributed by atoms with Gasteiger partial charge in [-0.1, -0.05) is 12.5 Å². The molecule has 1 aromatic heterocycles. The van der Waals surface area contributed by atoms with Crippen molar-refractivity contribution < 1.29 is 4.74 Å². The predicted molar refractivity (Wildman–Crippen MR) is 108 cm³/mol. The van der Waals surface area contributed by atoms with Gasteiger partial charge in [-0.3, -0.25) is 9.89 Å². The molecular formula is C20H32N4OS. The molecule has 0 spiro atoms. The van der Waals surface area contributed by atoms with Gasteiger partial charge in [-0.15, -0.1) is 11.3 Å². The highest BCUT2D eigenvalue weighted by Gasteiger charge is 2.48. The number of hydrogen-bond acceptors (Lipinski definition) is 4. The summed E-state index contributed by atoms with van der Waals surface area (Å²) in [6.07, 6.45) is 7.07. The first kappa shape index (κ1) is 18.3. The summed E-state index contributed by atoms with van der Waals surface area (Å²) in [7, 11) is 1.88. The maximum Gasteiger partial charge on any atom is 0.191 e. The normalized spacial score (nSPS) is 24.7. The maximum atomic E-state index is 5.54. The molecule has 3 fully saturated rings. The van der Waals surface area contributed by atoms with Crippen molar-refractivity contribution in [1.29, 1.82) is 0 Å². The van der Waals surface area contributed by atoms with Gasteiger partial charge in [0.2, 0.25) is 0 Å². The number of nitrogens with zero attached hydrogens (tertiary/aromatic N) is 2. The molecule has 0 bridgehead atoms. The van der Waals surface area contributed by atoms with Gasteiger partial charge >= 0.3 is 0 Å². The van der Waals surface area contributed by atoms with Gasteiger partial charge in [0.1, 0.15) is 0 Å². The Kier molecular flexibility index (Phi) is 5.81. The van der Waals surface area contributed by atoms with Crippen LogP contribution in [0.1, 0.15) is 43.0 Å². The zero-order chi connectivity index (χ0) is 17.8. The molecule has 0 amide bonds. The summed E-state index contributed by atoms with van der Waals surface area (Å²) in [6, 6.07) is 4.79. The van der Waals surface area contributed by atoms with Crippen molar-refractivity contribution in [2.45, 2.75) is 38.1 Å². The van der Waals surface area contributed by atoms with E-state index in [1.165, 1.54) is 37.0 Å². The van der Waals surface area contributed by atoms with E-state index in [0.29, 0.717) is 11.5 Å². The summed E-state index contributed by atoms with van der Waals surface area (Å²) in [6.45, 7) is 5.63. The van der Waals surface area contributed by atoms with Crippen LogP contribution >= 0.6 is 11.3 Å². The van der Waals surface area contributed by atoms with Crippen LogP contribution in [-0.4, -0.2) is 57.3 Å². The minimum Gasteiger partial charge on any atom is -0.379 e. The maximum absolute atomic E-state index is 5.54. The largest absolute Gasteiger partial charge is 0.379 e. The van der Waals surface area contributed by atoms with E-state index in [1.807, 2.05) is 18.4 Å². The SMILES string of the molecule is CN=C(NCC(c1cccs1)N1CCOCC1)NCC1(C2CC2)CCC1. The van der Waals surface area contributed by atoms with E-state index in [0.717, 1.165) is 51.3 Å². The Morgan fingerprint density at radius 2 is 2.15 bits per heavy atom. The van der Waals surface area contributed by atoms with Gasteiger partial charge in [0, 0.05) is 38.1 Å². The standard InChI is InChI=1S/C20H32N4OS/c1-21-19(23-15-20(7-3-8-20)16-5-6-16)22-14-17(18-4-2-13-26-18)24-9-11-25-12-10-24/h2,4,13,16-17H,3,5-12,14-15H2,1H3,(H2,21,22,23). The number of nitrogens with one attached hydrogen (secondary N) is 2. The molecule has 1 aromatic rings. The molecule has 1 aliphatic heterocycles. The molecule has 3 aliphatic rings. The molecule has 1 unspecified atom stereocenters. The van der Waals surface area contributed by atoms with Gasteiger partial charge in [0.25, 0.3) is 0 Å². The predicted octanol–water partition coefficient (Wildman–Crippen LogP) is 2.87. The lowest BCUT2D eigenvalue weighted by Crippen LogP contribution is -2.49. The van der Waals surface area contributed by atoms with Crippen LogP contribution in [0.4, 0.5) is 0 Å². The van der Waals surface area contributed by atoms with Gasteiger partial charge in [-0.25, -0.2) is 0 Å². The molecule has 0 radical (unpaired) electrons. The van der Waals surface area contributed by atoms with Crippen LogP contribution in [0.2, 0.25) is 0 Å². The monoisotopic (exact) mass is 376 g/mol. The van der Waals surface area contributed by atoms with E-state index in [9.17, 15) is 0 Å². The topological polar surface area (TPSA) is 48.9 Å². The van der Waals surface area contributed by atoms with Crippen LogP contribution in [0.25, 0.3) is 0 Å². The Hall–Kier alpha value is -1.11. The second-order valence-electron chi connectivity index (χ2n) is 7.98. The minimum absolute atomic E-state index is 0.388. The minimum atomic E-state index is 0.388. The molecule has 0 aromatic carbocycles. The highest BCUT2D eigenvalue weighted by molar-refractivity contribution is 7.10. The van der Waals surface area contributed by atoms with Crippen molar-refractivity contribution in [3.8, 4) is 0 Å². The molecular weight excluding hydrogens is 344 g/mol. The van der Waals surface area contributed by atoms with Crippen LogP contribution in [0.3, 0.4) is 0 Å². The fraction of sp³-hybridized carbons (Fsp3) is 0.750. The van der Waals surface area contributed by atoms with Crippen LogP contribution < -0.4 is 10.6 Å². The zero-order valence-electron chi connectivity index (χ0n) is 15.9. The molecule has 2 N–H and O–H groups in total. The molecule has 5 nitrogen and oxygen atoms in total. The first-order valence-electron chi connectivity index (χ1n) is 10.1. The first-order chi connectivity index (χ1) is 12.8. The van der Waals surface area contributed by atoms with Gasteiger partial charge in [-0.05, 0) is 48.5 Å². The molecule has 144 valence electrons. The quantitative estimate of drug-likeness (QED) is 0.567. The number of ether oxygens (including phenoxy) is 1. The molecule has 2 heterocycles. The summed E-state index contributed by atoms with van der Waals surface area (Å²) in [4.78, 5) is 8.44. The highest BCUT2D eigenvalue weighted by Crippen LogP contribution is 2.56. The fourth-order valence-corrected chi connectivity index (χ4v) is 5.37. The van der Waals surface area contributed by atoms with Crippen molar-refractivity contribution in [3.63, 3.8) is 0 Å². The summed E-state index contributed by atoms with van der Waals surface area (Å²) >= 11 is 1.84. The highest BCUT2D eigenvalue weighted by atomic mass is 32.1. The summed E-state index contributed by atoms with van der Waals surface area (Å²) < 4.78 is 5.54. The second kappa shape index (κ2) is 8.28. The molecule has 1 atom stereocenters. The lowest BCUT2D eigenvalue weighted by molar-refractivity contribution is 0.0177. The third kappa shape index (κ3) is 4.07. The number of morpholine rings is 1. The van der Waals surface area contributed by atoms with Crippen molar-refractivity contribution in [3.05, 3.63) is 22.4 Å². The van der Waals surface area contributed by atoms with Crippen LogP contribution in [0.15, 0.2) is 22.5 Å². The Morgan fingerprint density at radius 3 is 2.73 bits per heavy atom. The molecule has 1 saturated heterocycles. The molecule has 6 heteroatoms. The average Bonchev–Trinajstić information content (AvgIpc) is 3.35. The van der Waals surface area contributed by atoms with Gasteiger partial charge in [0.15, 0.2) is 5.96 Å². The number of rotatable bonds is 7.